The van der Waals surface area contributed by atoms with Crippen molar-refractivity contribution in [2.75, 3.05) is 23.0 Å². The molecule has 0 aromatic heterocycles. The third-order valence-corrected chi connectivity index (χ3v) is 7.66. The summed E-state index contributed by atoms with van der Waals surface area (Å²) in [7, 11) is -3.22. The van der Waals surface area contributed by atoms with Gasteiger partial charge in [-0.2, -0.15) is 0 Å². The second-order valence-electron chi connectivity index (χ2n) is 7.92. The first-order chi connectivity index (χ1) is 13.2. The maximum Gasteiger partial charge on any atom is 0.282 e. The second kappa shape index (κ2) is 6.97. The smallest absolute Gasteiger partial charge is 0.282 e. The summed E-state index contributed by atoms with van der Waals surface area (Å²) in [6.07, 6.45) is 0. The second-order valence-corrected chi connectivity index (χ2v) is 10.1. The molecule has 2 heterocycles. The van der Waals surface area contributed by atoms with Crippen LogP contribution in [0.25, 0.3) is 0 Å². The van der Waals surface area contributed by atoms with Crippen molar-refractivity contribution in [1.82, 2.24) is 0 Å². The predicted molar refractivity (Wildman–Crippen MR) is 106 cm³/mol. The molecule has 1 N–H and O–H groups in total. The van der Waals surface area contributed by atoms with E-state index in [0.29, 0.717) is 6.54 Å². The molecule has 2 aliphatic rings. The number of hydrogen-bond acceptors (Lipinski definition) is 3. The maximum atomic E-state index is 13.2. The first-order valence-corrected chi connectivity index (χ1v) is 11.2. The van der Waals surface area contributed by atoms with Crippen molar-refractivity contribution in [3.8, 4) is 0 Å². The Morgan fingerprint density at radius 1 is 1.07 bits per heavy atom. The van der Waals surface area contributed by atoms with E-state index in [-0.39, 0.29) is 41.9 Å². The molecular weight excluding hydrogens is 379 g/mol. The number of hydrogen-bond donors (Lipinski definition) is 1. The molecule has 2 aromatic rings. The normalized spacial score (nSPS) is 26.3. The number of aryl methyl sites for hydroxylation is 2. The Hall–Kier alpha value is -2.25. The van der Waals surface area contributed by atoms with E-state index in [4.69, 9.17) is 0 Å². The van der Waals surface area contributed by atoms with E-state index in [1.54, 1.807) is 17.0 Å². The number of carbonyl (C=O) groups is 1. The number of rotatable bonds is 3. The van der Waals surface area contributed by atoms with Gasteiger partial charge in [0.1, 0.15) is 30.2 Å². The SMILES string of the molecule is Cc1ccc(N2C(=O)C[NH+](Cc3ccc(F)cc3)[C@@H]3CS(=O)(=O)C[C@H]32)cc1C. The van der Waals surface area contributed by atoms with Gasteiger partial charge in [0.05, 0.1) is 5.75 Å². The van der Waals surface area contributed by atoms with Gasteiger partial charge in [-0.05, 0) is 49.2 Å². The first kappa shape index (κ1) is 19.1. The van der Waals surface area contributed by atoms with E-state index >= 15 is 0 Å². The Kier molecular flexibility index (Phi) is 4.75. The molecule has 0 saturated carbocycles. The molecular formula is C21H24FN2O3S+. The van der Waals surface area contributed by atoms with Crippen molar-refractivity contribution in [2.45, 2.75) is 32.5 Å². The average molecular weight is 403 g/mol. The predicted octanol–water partition coefficient (Wildman–Crippen LogP) is 1.04. The lowest BCUT2D eigenvalue weighted by molar-refractivity contribution is -0.931. The lowest BCUT2D eigenvalue weighted by Gasteiger charge is -2.41. The van der Waals surface area contributed by atoms with Crippen LogP contribution >= 0.6 is 0 Å². The van der Waals surface area contributed by atoms with Crippen LogP contribution in [0.5, 0.6) is 0 Å². The highest BCUT2D eigenvalue weighted by Gasteiger charge is 2.52. The highest BCUT2D eigenvalue weighted by atomic mass is 32.2. The van der Waals surface area contributed by atoms with Gasteiger partial charge in [0.2, 0.25) is 0 Å². The number of anilines is 1. The van der Waals surface area contributed by atoms with Crippen LogP contribution in [0.15, 0.2) is 42.5 Å². The summed E-state index contributed by atoms with van der Waals surface area (Å²) in [5, 5.41) is 0. The van der Waals surface area contributed by atoms with Gasteiger partial charge in [-0.3, -0.25) is 9.69 Å². The summed E-state index contributed by atoms with van der Waals surface area (Å²) in [6.45, 7) is 4.72. The van der Waals surface area contributed by atoms with Crippen LogP contribution in [-0.2, 0) is 21.2 Å². The molecule has 2 aliphatic heterocycles. The highest BCUT2D eigenvalue weighted by molar-refractivity contribution is 7.91. The Morgan fingerprint density at radius 2 is 1.79 bits per heavy atom. The van der Waals surface area contributed by atoms with Gasteiger partial charge < -0.3 is 4.90 Å². The molecule has 0 aliphatic carbocycles. The number of fused-ring (bicyclic) bond motifs is 1. The summed E-state index contributed by atoms with van der Waals surface area (Å²) in [5.41, 5.74) is 3.86. The van der Waals surface area contributed by atoms with E-state index in [1.807, 2.05) is 32.0 Å². The molecule has 4 rings (SSSR count). The number of halogens is 1. The van der Waals surface area contributed by atoms with Crippen LogP contribution in [0.4, 0.5) is 10.1 Å². The molecule has 3 atom stereocenters. The quantitative estimate of drug-likeness (QED) is 0.833. The van der Waals surface area contributed by atoms with Crippen molar-refractivity contribution < 1.29 is 22.5 Å². The summed E-state index contributed by atoms with van der Waals surface area (Å²) in [4.78, 5) is 15.7. The van der Waals surface area contributed by atoms with Gasteiger partial charge in [-0.1, -0.05) is 18.2 Å². The minimum atomic E-state index is -3.22. The van der Waals surface area contributed by atoms with Gasteiger partial charge >= 0.3 is 0 Å². The number of nitrogens with zero attached hydrogens (tertiary/aromatic N) is 1. The fourth-order valence-corrected chi connectivity index (χ4v) is 6.38. The molecule has 28 heavy (non-hydrogen) atoms. The molecule has 148 valence electrons. The third-order valence-electron chi connectivity index (χ3n) is 5.94. The molecule has 2 aromatic carbocycles. The third kappa shape index (κ3) is 3.56. The lowest BCUT2D eigenvalue weighted by atomic mass is 10.0. The van der Waals surface area contributed by atoms with E-state index in [2.05, 4.69) is 0 Å². The van der Waals surface area contributed by atoms with E-state index < -0.39 is 9.84 Å². The highest BCUT2D eigenvalue weighted by Crippen LogP contribution is 2.27. The zero-order valence-corrected chi connectivity index (χ0v) is 16.8. The van der Waals surface area contributed by atoms with Gasteiger partial charge in [-0.15, -0.1) is 0 Å². The average Bonchev–Trinajstić information content (AvgIpc) is 2.95. The number of piperazine rings is 1. The van der Waals surface area contributed by atoms with Gasteiger partial charge in [0.15, 0.2) is 16.4 Å². The minimum absolute atomic E-state index is 0.0107. The molecule has 0 spiro atoms. The molecule has 1 unspecified atom stereocenters. The van der Waals surface area contributed by atoms with Crippen molar-refractivity contribution in [3.63, 3.8) is 0 Å². The summed E-state index contributed by atoms with van der Waals surface area (Å²) >= 11 is 0. The van der Waals surface area contributed by atoms with Crippen LogP contribution in [0.2, 0.25) is 0 Å². The van der Waals surface area contributed by atoms with Crippen LogP contribution < -0.4 is 9.80 Å². The number of nitrogens with one attached hydrogen (secondary N) is 1. The summed E-state index contributed by atoms with van der Waals surface area (Å²) in [6, 6.07) is 11.4. The molecule has 0 radical (unpaired) electrons. The van der Waals surface area contributed by atoms with E-state index in [0.717, 1.165) is 27.3 Å². The van der Waals surface area contributed by atoms with Crippen LogP contribution in [0.1, 0.15) is 16.7 Å². The Balaban J connectivity index is 1.67. The molecule has 1 amide bonds. The van der Waals surface area contributed by atoms with E-state index in [1.165, 1.54) is 12.1 Å². The molecule has 0 bridgehead atoms. The van der Waals surface area contributed by atoms with Gasteiger partial charge in [0, 0.05) is 11.3 Å². The largest absolute Gasteiger partial charge is 0.318 e. The zero-order valence-electron chi connectivity index (χ0n) is 16.0. The Bertz CT molecular complexity index is 1020. The number of sulfone groups is 1. The first-order valence-electron chi connectivity index (χ1n) is 9.42. The summed E-state index contributed by atoms with van der Waals surface area (Å²) < 4.78 is 38.1. The Labute approximate surface area is 164 Å². The van der Waals surface area contributed by atoms with Gasteiger partial charge in [-0.25, -0.2) is 12.8 Å². The standard InChI is InChI=1S/C21H23FN2O3S/c1-14-3-8-18(9-15(14)2)24-20-13-28(26,27)12-19(20)23(11-21(24)25)10-16-4-6-17(22)7-5-16/h3-9,19-20H,10-13H2,1-2H3/p+1/t19-,20-/m1/s1. The fourth-order valence-electron chi connectivity index (χ4n) is 4.34. The van der Waals surface area contributed by atoms with Crippen LogP contribution in [0.3, 0.4) is 0 Å². The molecule has 2 saturated heterocycles. The van der Waals surface area contributed by atoms with Crippen molar-refractivity contribution in [1.29, 1.82) is 0 Å². The van der Waals surface area contributed by atoms with Crippen LogP contribution in [0, 0.1) is 19.7 Å². The van der Waals surface area contributed by atoms with Crippen molar-refractivity contribution in [2.24, 2.45) is 0 Å². The number of carbonyl (C=O) groups excluding carboxylic acids is 1. The molecule has 2 fully saturated rings. The fraction of sp³-hybridized carbons (Fsp3) is 0.381. The van der Waals surface area contributed by atoms with Crippen molar-refractivity contribution >= 4 is 21.4 Å². The van der Waals surface area contributed by atoms with Crippen LogP contribution in [-0.4, -0.2) is 44.5 Å². The topological polar surface area (TPSA) is 58.9 Å². The number of benzene rings is 2. The monoisotopic (exact) mass is 403 g/mol. The molecule has 5 nitrogen and oxygen atoms in total. The zero-order chi connectivity index (χ0) is 20.1. The number of amides is 1. The molecule has 7 heteroatoms. The van der Waals surface area contributed by atoms with Gasteiger partial charge in [0.25, 0.3) is 5.91 Å². The van der Waals surface area contributed by atoms with E-state index in [9.17, 15) is 17.6 Å². The number of quaternary nitrogens is 1. The lowest BCUT2D eigenvalue weighted by Crippen LogP contribution is -3.19. The summed E-state index contributed by atoms with van der Waals surface area (Å²) in [5.74, 6) is -0.319. The van der Waals surface area contributed by atoms with Crippen molar-refractivity contribution in [3.05, 3.63) is 65.0 Å². The maximum absolute atomic E-state index is 13.2. The Morgan fingerprint density at radius 3 is 2.46 bits per heavy atom. The minimum Gasteiger partial charge on any atom is -0.318 e.